The second-order valence-electron chi connectivity index (χ2n) is 13.0. The van der Waals surface area contributed by atoms with Gasteiger partial charge in [0, 0.05) is 18.1 Å². The quantitative estimate of drug-likeness (QED) is 0.0988. The van der Waals surface area contributed by atoms with E-state index < -0.39 is 0 Å². The van der Waals surface area contributed by atoms with Crippen LogP contribution in [-0.2, 0) is 11.2 Å². The molecule has 2 fully saturated rings. The molecule has 0 aromatic heterocycles. The predicted octanol–water partition coefficient (Wildman–Crippen LogP) is 9.33. The fraction of sp³-hybridized carbons (Fsp3) is 0.694. The number of benzene rings is 1. The average molecular weight is 551 g/mol. The number of carbonyl (C=O) groups excluding carboxylic acids is 1. The highest BCUT2D eigenvalue weighted by Crippen LogP contribution is 2.62. The zero-order valence-electron chi connectivity index (χ0n) is 25.2. The summed E-state index contributed by atoms with van der Waals surface area (Å²) in [5.41, 5.74) is 2.32. The number of rotatable bonds is 15. The van der Waals surface area contributed by atoms with Crippen molar-refractivity contribution in [1.29, 1.82) is 0 Å². The fourth-order valence-corrected chi connectivity index (χ4v) is 7.98. The molecule has 3 aliphatic carbocycles. The molecule has 3 aliphatic rings. The Labute approximate surface area is 243 Å². The van der Waals surface area contributed by atoms with Crippen LogP contribution in [0.15, 0.2) is 36.4 Å². The lowest BCUT2D eigenvalue weighted by molar-refractivity contribution is -0.134. The summed E-state index contributed by atoms with van der Waals surface area (Å²) in [6.07, 6.45) is 28.2. The number of unbranched alkanes of at least 4 members (excludes halogenated alkanes) is 8. The zero-order chi connectivity index (χ0) is 28.4. The number of phenols is 1. The molecule has 0 aliphatic heterocycles. The van der Waals surface area contributed by atoms with Crippen molar-refractivity contribution in [3.05, 3.63) is 47.6 Å². The van der Waals surface area contributed by atoms with E-state index in [2.05, 4.69) is 38.2 Å². The van der Waals surface area contributed by atoms with Gasteiger partial charge in [-0.2, -0.15) is 0 Å². The first kappa shape index (κ1) is 30.9. The van der Waals surface area contributed by atoms with Crippen LogP contribution >= 0.6 is 0 Å². The van der Waals surface area contributed by atoms with Gasteiger partial charge in [-0.25, -0.2) is 0 Å². The third kappa shape index (κ3) is 7.81. The van der Waals surface area contributed by atoms with E-state index in [4.69, 9.17) is 4.74 Å². The number of fused-ring (bicyclic) bond motifs is 5. The van der Waals surface area contributed by atoms with Crippen molar-refractivity contribution in [2.24, 2.45) is 17.3 Å². The predicted molar refractivity (Wildman–Crippen MR) is 164 cm³/mol. The van der Waals surface area contributed by atoms with Crippen LogP contribution in [0.1, 0.15) is 140 Å². The molecule has 0 radical (unpaired) electrons. The number of hydrogen-bond acceptors (Lipinski definition) is 4. The Morgan fingerprint density at radius 1 is 0.950 bits per heavy atom. The van der Waals surface area contributed by atoms with Crippen LogP contribution in [0, 0.1) is 17.3 Å². The number of ether oxygens (including phenoxy) is 1. The summed E-state index contributed by atoms with van der Waals surface area (Å²) < 4.78 is 5.96. The van der Waals surface area contributed by atoms with Gasteiger partial charge >= 0.3 is 5.97 Å². The molecule has 0 amide bonds. The standard InChI is InChI=1S/C36H54O4/c1-3-4-5-6-7-8-9-10-11-12-13-14-15-16-17-18-34(39)40-32-26-28(37)25-27-19-20-29-30(35(27)32)23-24-36(2)31(29)21-22-33(36)38/h7-8,10-11,25-26,29-31,33,37-38H,3-6,9,12-24H2,1-2H3/b8-7-,11-10-/t29-,30-,31-,33-,36-/m0/s1. The van der Waals surface area contributed by atoms with Crippen molar-refractivity contribution in [1.82, 2.24) is 0 Å². The van der Waals surface area contributed by atoms with E-state index in [-0.39, 0.29) is 23.2 Å². The van der Waals surface area contributed by atoms with Gasteiger partial charge in [0.1, 0.15) is 11.5 Å². The summed E-state index contributed by atoms with van der Waals surface area (Å²) in [7, 11) is 0. The molecule has 0 spiro atoms. The lowest BCUT2D eigenvalue weighted by Gasteiger charge is -2.50. The molecule has 40 heavy (non-hydrogen) atoms. The second kappa shape index (κ2) is 15.2. The Bertz CT molecular complexity index is 1010. The summed E-state index contributed by atoms with van der Waals surface area (Å²) in [6.45, 7) is 4.52. The van der Waals surface area contributed by atoms with Gasteiger partial charge in [-0.3, -0.25) is 4.79 Å². The molecule has 1 aromatic rings. The summed E-state index contributed by atoms with van der Waals surface area (Å²) in [5.74, 6) is 1.99. The summed E-state index contributed by atoms with van der Waals surface area (Å²) in [5, 5.41) is 21.1. The maximum absolute atomic E-state index is 12.8. The van der Waals surface area contributed by atoms with Gasteiger partial charge in [-0.15, -0.1) is 0 Å². The third-order valence-corrected chi connectivity index (χ3v) is 10.3. The monoisotopic (exact) mass is 550 g/mol. The minimum Gasteiger partial charge on any atom is -0.508 e. The first-order valence-corrected chi connectivity index (χ1v) is 16.5. The highest BCUT2D eigenvalue weighted by Gasteiger charge is 2.54. The molecule has 2 N–H and O–H groups in total. The number of aromatic hydroxyl groups is 1. The number of hydrogen-bond donors (Lipinski definition) is 2. The van der Waals surface area contributed by atoms with Crippen molar-refractivity contribution in [3.63, 3.8) is 0 Å². The normalized spacial score (nSPS) is 27.6. The molecule has 0 saturated heterocycles. The molecule has 0 unspecified atom stereocenters. The minimum atomic E-state index is -0.194. The van der Waals surface area contributed by atoms with Crippen molar-refractivity contribution in [2.75, 3.05) is 0 Å². The smallest absolute Gasteiger partial charge is 0.311 e. The van der Waals surface area contributed by atoms with Gasteiger partial charge in [-0.05, 0) is 112 Å². The Morgan fingerprint density at radius 2 is 1.68 bits per heavy atom. The number of aryl methyl sites for hydroxylation is 1. The number of esters is 1. The summed E-state index contributed by atoms with van der Waals surface area (Å²) >= 11 is 0. The van der Waals surface area contributed by atoms with Gasteiger partial charge in [0.05, 0.1) is 6.10 Å². The molecule has 4 heteroatoms. The number of allylic oxidation sites excluding steroid dienone is 4. The molecule has 5 atom stereocenters. The van der Waals surface area contributed by atoms with E-state index in [1.54, 1.807) is 6.07 Å². The topological polar surface area (TPSA) is 66.8 Å². The van der Waals surface area contributed by atoms with Crippen LogP contribution in [0.5, 0.6) is 11.5 Å². The molecule has 222 valence electrons. The van der Waals surface area contributed by atoms with Crippen LogP contribution in [0.2, 0.25) is 0 Å². The van der Waals surface area contributed by atoms with Crippen molar-refractivity contribution in [3.8, 4) is 11.5 Å². The Kier molecular flexibility index (Phi) is 11.8. The van der Waals surface area contributed by atoms with Crippen LogP contribution < -0.4 is 4.74 Å². The summed E-state index contributed by atoms with van der Waals surface area (Å²) in [4.78, 5) is 12.8. The Balaban J connectivity index is 1.17. The Morgan fingerprint density at radius 3 is 2.45 bits per heavy atom. The highest BCUT2D eigenvalue weighted by atomic mass is 16.5. The highest BCUT2D eigenvalue weighted by molar-refractivity contribution is 5.73. The van der Waals surface area contributed by atoms with Crippen molar-refractivity contribution < 1.29 is 19.7 Å². The first-order valence-electron chi connectivity index (χ1n) is 16.5. The van der Waals surface area contributed by atoms with E-state index in [1.807, 2.05) is 6.07 Å². The molecule has 4 rings (SSSR count). The van der Waals surface area contributed by atoms with E-state index >= 15 is 0 Å². The van der Waals surface area contributed by atoms with E-state index in [9.17, 15) is 15.0 Å². The molecule has 1 aromatic carbocycles. The van der Waals surface area contributed by atoms with E-state index in [0.717, 1.165) is 81.8 Å². The lowest BCUT2D eigenvalue weighted by Crippen LogP contribution is -2.44. The molecule has 0 bridgehead atoms. The Hall–Kier alpha value is -2.07. The van der Waals surface area contributed by atoms with Gasteiger partial charge in [0.25, 0.3) is 0 Å². The van der Waals surface area contributed by atoms with E-state index in [0.29, 0.717) is 29.9 Å². The van der Waals surface area contributed by atoms with Crippen molar-refractivity contribution >= 4 is 5.97 Å². The van der Waals surface area contributed by atoms with Gasteiger partial charge in [0.2, 0.25) is 0 Å². The lowest BCUT2D eigenvalue weighted by atomic mass is 9.55. The molecule has 2 saturated carbocycles. The van der Waals surface area contributed by atoms with Crippen LogP contribution in [0.4, 0.5) is 0 Å². The first-order chi connectivity index (χ1) is 19.4. The average Bonchev–Trinajstić information content (AvgIpc) is 3.24. The largest absolute Gasteiger partial charge is 0.508 e. The minimum absolute atomic E-state index is 0.0214. The zero-order valence-corrected chi connectivity index (χ0v) is 25.2. The maximum atomic E-state index is 12.8. The van der Waals surface area contributed by atoms with Crippen LogP contribution in [0.25, 0.3) is 0 Å². The fourth-order valence-electron chi connectivity index (χ4n) is 7.98. The van der Waals surface area contributed by atoms with Gasteiger partial charge < -0.3 is 14.9 Å². The number of aliphatic hydroxyl groups excluding tert-OH is 1. The van der Waals surface area contributed by atoms with E-state index in [1.165, 1.54) is 38.5 Å². The molecular formula is C36H54O4. The third-order valence-electron chi connectivity index (χ3n) is 10.3. The number of phenolic OH excluding ortho intramolecular Hbond substituents is 1. The maximum Gasteiger partial charge on any atom is 0.311 e. The van der Waals surface area contributed by atoms with Crippen molar-refractivity contribution in [2.45, 2.75) is 141 Å². The van der Waals surface area contributed by atoms with Crippen LogP contribution in [0.3, 0.4) is 0 Å². The number of carbonyl (C=O) groups is 1. The number of aliphatic hydroxyl groups is 1. The van der Waals surface area contributed by atoms with Gasteiger partial charge in [-0.1, -0.05) is 70.3 Å². The van der Waals surface area contributed by atoms with Crippen LogP contribution in [-0.4, -0.2) is 22.3 Å². The molecule has 0 heterocycles. The molecule has 4 nitrogen and oxygen atoms in total. The van der Waals surface area contributed by atoms with Gasteiger partial charge in [0.15, 0.2) is 0 Å². The second-order valence-corrected chi connectivity index (χ2v) is 13.0. The SMILES string of the molecule is CCCCC/C=C\C/C=C\CCCCCCCC(=O)Oc1cc(O)cc2c1[C@H]1CC[C@]3(C)[C@@H](O)CC[C@H]3[C@H]1CC2. The summed E-state index contributed by atoms with van der Waals surface area (Å²) in [6, 6.07) is 3.53. The molecular weight excluding hydrogens is 496 g/mol.